The Morgan fingerprint density at radius 1 is 1.32 bits per heavy atom. The number of amides is 1. The van der Waals surface area contributed by atoms with Crippen molar-refractivity contribution in [1.82, 2.24) is 9.88 Å². The Hall–Kier alpha value is -2.76. The molecule has 1 aliphatic rings. The van der Waals surface area contributed by atoms with Crippen molar-refractivity contribution in [3.63, 3.8) is 0 Å². The first-order valence-corrected chi connectivity index (χ1v) is 6.85. The molecule has 0 aliphatic carbocycles. The average molecular weight is 299 g/mol. The summed E-state index contributed by atoms with van der Waals surface area (Å²) < 4.78 is 13.3. The minimum Gasteiger partial charge on any atom is -0.381 e. The van der Waals surface area contributed by atoms with E-state index in [1.165, 1.54) is 17.0 Å². The van der Waals surface area contributed by atoms with Gasteiger partial charge in [-0.1, -0.05) is 17.3 Å². The fourth-order valence-electron chi connectivity index (χ4n) is 2.22. The van der Waals surface area contributed by atoms with Crippen LogP contribution in [-0.2, 0) is 16.2 Å². The number of amidine groups is 1. The lowest BCUT2D eigenvalue weighted by atomic mass is 10.1. The third-order valence-corrected chi connectivity index (χ3v) is 3.32. The van der Waals surface area contributed by atoms with Crippen molar-refractivity contribution < 1.29 is 14.0 Å². The van der Waals surface area contributed by atoms with E-state index >= 15 is 0 Å². The molecule has 1 aromatic carbocycles. The largest absolute Gasteiger partial charge is 0.381 e. The van der Waals surface area contributed by atoms with Gasteiger partial charge in [0.2, 0.25) is 6.10 Å². The zero-order valence-corrected chi connectivity index (χ0v) is 11.9. The predicted octanol–water partition coefficient (Wildman–Crippen LogP) is 2.33. The molecular weight excluding hydrogens is 285 g/mol. The molecule has 2 heterocycles. The molecule has 5 nitrogen and oxygen atoms in total. The first kappa shape index (κ1) is 14.2. The van der Waals surface area contributed by atoms with E-state index in [-0.39, 0.29) is 18.3 Å². The summed E-state index contributed by atoms with van der Waals surface area (Å²) in [6.45, 7) is 1.85. The molecule has 112 valence electrons. The summed E-state index contributed by atoms with van der Waals surface area (Å²) in [5, 5.41) is 4.02. The molecule has 0 spiro atoms. The minimum absolute atomic E-state index is 0.220. The third kappa shape index (κ3) is 2.81. The highest BCUT2D eigenvalue weighted by Gasteiger charge is 2.31. The smallest absolute Gasteiger partial charge is 0.272 e. The number of hydrogen-bond acceptors (Lipinski definition) is 4. The Labute approximate surface area is 127 Å². The Balaban J connectivity index is 1.95. The summed E-state index contributed by atoms with van der Waals surface area (Å²) in [7, 11) is 0. The summed E-state index contributed by atoms with van der Waals surface area (Å²) in [5.74, 6) is -0.190. The molecular formula is C16H14FN3O2. The van der Waals surface area contributed by atoms with Crippen LogP contribution in [0.2, 0.25) is 0 Å². The van der Waals surface area contributed by atoms with E-state index in [2.05, 4.69) is 10.1 Å². The lowest BCUT2D eigenvalue weighted by Crippen LogP contribution is -2.46. The van der Waals surface area contributed by atoms with Gasteiger partial charge in [-0.2, -0.15) is 0 Å². The van der Waals surface area contributed by atoms with Crippen molar-refractivity contribution in [2.45, 2.75) is 19.6 Å². The summed E-state index contributed by atoms with van der Waals surface area (Å²) >= 11 is 0. The van der Waals surface area contributed by atoms with E-state index in [0.29, 0.717) is 17.0 Å². The van der Waals surface area contributed by atoms with Crippen LogP contribution in [0.4, 0.5) is 4.39 Å². The van der Waals surface area contributed by atoms with Gasteiger partial charge in [0, 0.05) is 18.0 Å². The lowest BCUT2D eigenvalue weighted by Gasteiger charge is -2.29. The van der Waals surface area contributed by atoms with E-state index in [9.17, 15) is 9.18 Å². The maximum Gasteiger partial charge on any atom is 0.272 e. The third-order valence-electron chi connectivity index (χ3n) is 3.32. The molecule has 1 aliphatic heterocycles. The molecule has 0 fully saturated rings. The van der Waals surface area contributed by atoms with Gasteiger partial charge in [0.1, 0.15) is 5.82 Å². The number of nitrogens with zero attached hydrogens (tertiary/aromatic N) is 3. The van der Waals surface area contributed by atoms with Crippen LogP contribution in [-0.4, -0.2) is 27.7 Å². The van der Waals surface area contributed by atoms with Crippen LogP contribution < -0.4 is 0 Å². The minimum atomic E-state index is -0.672. The normalized spacial score (nSPS) is 17.9. The average Bonchev–Trinajstić information content (AvgIpc) is 2.53. The molecule has 22 heavy (non-hydrogen) atoms. The van der Waals surface area contributed by atoms with Crippen LogP contribution in [0, 0.1) is 5.82 Å². The number of rotatable bonds is 3. The van der Waals surface area contributed by atoms with Crippen LogP contribution >= 0.6 is 0 Å². The number of benzene rings is 1. The van der Waals surface area contributed by atoms with Gasteiger partial charge in [0.25, 0.3) is 5.91 Å². The summed E-state index contributed by atoms with van der Waals surface area (Å²) in [6.07, 6.45) is 2.56. The van der Waals surface area contributed by atoms with Gasteiger partial charge in [-0.05, 0) is 36.8 Å². The van der Waals surface area contributed by atoms with Crippen LogP contribution in [0.25, 0.3) is 0 Å². The Bertz CT molecular complexity index is 718. The van der Waals surface area contributed by atoms with E-state index in [0.717, 1.165) is 0 Å². The van der Waals surface area contributed by atoms with Crippen LogP contribution in [0.1, 0.15) is 18.1 Å². The number of carbonyl (C=O) groups excluding carboxylic acids is 1. The van der Waals surface area contributed by atoms with Crippen molar-refractivity contribution in [2.24, 2.45) is 5.16 Å². The zero-order chi connectivity index (χ0) is 15.5. The second-order valence-corrected chi connectivity index (χ2v) is 4.96. The Morgan fingerprint density at radius 2 is 2.18 bits per heavy atom. The van der Waals surface area contributed by atoms with Crippen molar-refractivity contribution in [3.8, 4) is 0 Å². The Kier molecular flexibility index (Phi) is 3.82. The molecule has 0 saturated heterocycles. The summed E-state index contributed by atoms with van der Waals surface area (Å²) in [4.78, 5) is 23.1. The monoisotopic (exact) mass is 299 g/mol. The molecule has 2 aromatic rings. The molecule has 0 radical (unpaired) electrons. The molecule has 1 amide bonds. The van der Waals surface area contributed by atoms with Crippen molar-refractivity contribution >= 4 is 11.7 Å². The number of halogens is 1. The van der Waals surface area contributed by atoms with Gasteiger partial charge >= 0.3 is 0 Å². The van der Waals surface area contributed by atoms with Gasteiger partial charge in [-0.3, -0.25) is 14.7 Å². The predicted molar refractivity (Wildman–Crippen MR) is 78.3 cm³/mol. The number of aromatic nitrogens is 1. The van der Waals surface area contributed by atoms with E-state index < -0.39 is 6.10 Å². The fourth-order valence-corrected chi connectivity index (χ4v) is 2.22. The first-order valence-electron chi connectivity index (χ1n) is 6.85. The number of pyridine rings is 1. The van der Waals surface area contributed by atoms with Gasteiger partial charge in [0.15, 0.2) is 5.84 Å². The summed E-state index contributed by atoms with van der Waals surface area (Å²) in [6, 6.07) is 9.67. The van der Waals surface area contributed by atoms with Gasteiger partial charge < -0.3 is 4.84 Å². The SMILES string of the molecule is CC1ON=C(c2cccnc2)N(Cc2cccc(F)c2)C1=O. The highest BCUT2D eigenvalue weighted by atomic mass is 19.1. The fraction of sp³-hybridized carbons (Fsp3) is 0.188. The number of hydrogen-bond donors (Lipinski definition) is 0. The number of oxime groups is 1. The quantitative estimate of drug-likeness (QED) is 0.874. The zero-order valence-electron chi connectivity index (χ0n) is 11.9. The Morgan fingerprint density at radius 3 is 2.91 bits per heavy atom. The maximum absolute atomic E-state index is 13.3. The molecule has 6 heteroatoms. The maximum atomic E-state index is 13.3. The second-order valence-electron chi connectivity index (χ2n) is 4.96. The second kappa shape index (κ2) is 5.93. The topological polar surface area (TPSA) is 54.8 Å². The molecule has 1 atom stereocenters. The van der Waals surface area contributed by atoms with Gasteiger partial charge in [-0.25, -0.2) is 4.39 Å². The van der Waals surface area contributed by atoms with Crippen molar-refractivity contribution in [3.05, 3.63) is 65.7 Å². The van der Waals surface area contributed by atoms with E-state index in [1.54, 1.807) is 43.6 Å². The molecule has 0 N–H and O–H groups in total. The highest BCUT2D eigenvalue weighted by Crippen LogP contribution is 2.18. The standard InChI is InChI=1S/C16H14FN3O2/c1-11-16(21)20(10-12-4-2-6-14(17)8-12)15(19-22-11)13-5-3-7-18-9-13/h2-9,11H,10H2,1H3. The molecule has 0 bridgehead atoms. The van der Waals surface area contributed by atoms with E-state index in [1.807, 2.05) is 0 Å². The van der Waals surface area contributed by atoms with Crippen molar-refractivity contribution in [2.75, 3.05) is 0 Å². The highest BCUT2D eigenvalue weighted by molar-refractivity contribution is 6.09. The molecule has 3 rings (SSSR count). The summed E-state index contributed by atoms with van der Waals surface area (Å²) in [5.41, 5.74) is 1.35. The lowest BCUT2D eigenvalue weighted by molar-refractivity contribution is -0.142. The van der Waals surface area contributed by atoms with Gasteiger partial charge in [0.05, 0.1) is 6.54 Å². The van der Waals surface area contributed by atoms with Crippen LogP contribution in [0.5, 0.6) is 0 Å². The molecule has 0 saturated carbocycles. The van der Waals surface area contributed by atoms with Gasteiger partial charge in [-0.15, -0.1) is 0 Å². The molecule has 1 unspecified atom stereocenters. The van der Waals surface area contributed by atoms with Crippen molar-refractivity contribution in [1.29, 1.82) is 0 Å². The van der Waals surface area contributed by atoms with Crippen LogP contribution in [0.15, 0.2) is 53.9 Å². The first-order chi connectivity index (χ1) is 10.6. The number of carbonyl (C=O) groups is 1. The molecule has 1 aromatic heterocycles. The van der Waals surface area contributed by atoms with Crippen LogP contribution in [0.3, 0.4) is 0 Å². The van der Waals surface area contributed by atoms with E-state index in [4.69, 9.17) is 4.84 Å².